The number of ether oxygens (including phenoxy) is 7. The lowest BCUT2D eigenvalue weighted by atomic mass is 10.1. The zero-order valence-electron chi connectivity index (χ0n) is 84.9. The molecule has 7 aliphatic rings. The van der Waals surface area contributed by atoms with Crippen LogP contribution in [0.1, 0.15) is 179 Å². The number of rotatable bonds is 24. The van der Waals surface area contributed by atoms with Crippen LogP contribution in [-0.2, 0) is 76.0 Å². The number of nitrogens with one attached hydrogen (secondary N) is 3. The second kappa shape index (κ2) is 44.8. The molecule has 15 aromatic rings. The highest BCUT2D eigenvalue weighted by Gasteiger charge is 2.36. The number of primary amides is 1. The van der Waals surface area contributed by atoms with Gasteiger partial charge in [-0.15, -0.1) is 0 Å². The molecule has 3 unspecified atom stereocenters. The number of pyridine rings is 4. The van der Waals surface area contributed by atoms with Crippen molar-refractivity contribution in [3.63, 3.8) is 0 Å². The molecule has 4 aromatic carbocycles. The second-order valence-corrected chi connectivity index (χ2v) is 38.9. The van der Waals surface area contributed by atoms with Crippen LogP contribution in [0.25, 0.3) is 78.5 Å². The molecule has 3 saturated carbocycles. The third-order valence-corrected chi connectivity index (χ3v) is 27.6. The van der Waals surface area contributed by atoms with Gasteiger partial charge in [-0.05, 0) is 243 Å². The Morgan fingerprint density at radius 2 is 0.741 bits per heavy atom. The molecule has 15 heterocycles. The normalized spacial score (nSPS) is 16.3. The lowest BCUT2D eigenvalue weighted by Crippen LogP contribution is -2.19. The Balaban J connectivity index is 0.000000127. The van der Waals surface area contributed by atoms with Crippen LogP contribution in [0.2, 0.25) is 15.3 Å². The first kappa shape index (κ1) is 104. The average molecular weight is 2070 g/mol. The van der Waals surface area contributed by atoms with Crippen LogP contribution in [0.5, 0.6) is 23.0 Å². The smallest absolute Gasteiger partial charge is 0.220 e. The van der Waals surface area contributed by atoms with Gasteiger partial charge in [0.25, 0.3) is 0 Å². The third-order valence-electron chi connectivity index (χ3n) is 27.0. The number of anilines is 7. The van der Waals surface area contributed by atoms with Crippen molar-refractivity contribution in [1.82, 2.24) is 87.7 Å². The van der Waals surface area contributed by atoms with Gasteiger partial charge in [0.1, 0.15) is 80.3 Å². The summed E-state index contributed by atoms with van der Waals surface area (Å²) >= 11 is 18.5. The highest BCUT2D eigenvalue weighted by Crippen LogP contribution is 2.47. The molecule has 772 valence electrons. The Hall–Kier alpha value is -13.9. The summed E-state index contributed by atoms with van der Waals surface area (Å²) < 4.78 is 113. The number of amides is 1. The van der Waals surface area contributed by atoms with Gasteiger partial charge in [-0.1, -0.05) is 34.8 Å². The predicted octanol–water partition coefficient (Wildman–Crippen LogP) is 21.9. The van der Waals surface area contributed by atoms with Gasteiger partial charge in [0.2, 0.25) is 5.91 Å². The number of carbonyl (C=O) groups is 3. The molecule has 4 aliphatic heterocycles. The number of hydrogen-bond donors (Lipinski definition) is 5. The number of imidazole rings is 3. The van der Waals surface area contributed by atoms with Gasteiger partial charge >= 0.3 is 0 Å². The van der Waals surface area contributed by atoms with Gasteiger partial charge < -0.3 is 60.6 Å². The Bertz CT molecular complexity index is 7470. The van der Waals surface area contributed by atoms with E-state index in [2.05, 4.69) is 61.3 Å². The fraction of sp³-hybridized carbons (Fsp3) is 0.406. The minimum atomic E-state index is -0.507. The molecule has 3 aliphatic carbocycles. The number of Topliss-reactive ketones (excluding diaryl/α,β-unsaturated/α-hetero) is 2. The number of halogens is 7. The van der Waals surface area contributed by atoms with E-state index in [0.29, 0.717) is 165 Å². The number of nitrogens with two attached hydrogens (primary N) is 2. The number of carbonyl (C=O) groups excluding carboxylic acids is 3. The SMILES string of the molecule is COc1c(N)ccc(-c2cc(C)n(C)n2)c1F.COc1c(Nc2cc(CC(=O)C3CC3)nc3c2N=C(C)C3)ccc(-c2cc(C)n(C)n2)c1F.COc1c(Nc2cc(CC(=O)C3CC3)nc3c2nc(C)n3C2CCCCO2)ccc(-c2cc(C)n(C)n2)c1F.COc1c(Nc2cc(Cl)nc3c2nc(C)n3C2CCCCO2)ccc(-c2cc(C)n(C)n2)c1F.Cc1nc2c(Cl)cc(Cl)nc2n1C1CCCCO1.NC(=O)C1CC1. The molecule has 147 heavy (non-hydrogen) atoms. The predicted molar refractivity (Wildman–Crippen MR) is 558 cm³/mol. The highest BCUT2D eigenvalue weighted by atomic mass is 35.5. The summed E-state index contributed by atoms with van der Waals surface area (Å²) in [5.41, 5.74) is 29.2. The van der Waals surface area contributed by atoms with Crippen LogP contribution in [0.3, 0.4) is 0 Å². The molecule has 3 saturated heterocycles. The third kappa shape index (κ3) is 23.1. The summed E-state index contributed by atoms with van der Waals surface area (Å²) in [5.74, 6) is 1.57. The van der Waals surface area contributed by atoms with Crippen LogP contribution in [0, 0.1) is 89.5 Å². The molecule has 22 rings (SSSR count). The largest absolute Gasteiger partial charge is 0.492 e. The Morgan fingerprint density at radius 1 is 0.401 bits per heavy atom. The number of nitrogen functional groups attached to an aromatic ring is 1. The van der Waals surface area contributed by atoms with Crippen molar-refractivity contribution in [2.75, 3.05) is 69.9 Å². The fourth-order valence-electron chi connectivity index (χ4n) is 18.3. The number of aryl methyl sites for hydroxylation is 11. The Morgan fingerprint density at radius 3 is 1.10 bits per heavy atom. The first-order valence-electron chi connectivity index (χ1n) is 49.0. The van der Waals surface area contributed by atoms with Crippen molar-refractivity contribution in [3.8, 4) is 68.0 Å². The summed E-state index contributed by atoms with van der Waals surface area (Å²) in [6.45, 7) is 17.6. The molecule has 41 heteroatoms. The number of benzene rings is 4. The van der Waals surface area contributed by atoms with Gasteiger partial charge in [-0.3, -0.25) is 56.8 Å². The maximum absolute atomic E-state index is 15.7. The van der Waals surface area contributed by atoms with Crippen LogP contribution < -0.4 is 46.4 Å². The molecule has 34 nitrogen and oxygen atoms in total. The van der Waals surface area contributed by atoms with Crippen molar-refractivity contribution in [2.24, 2.45) is 56.7 Å². The fourth-order valence-corrected chi connectivity index (χ4v) is 18.9. The van der Waals surface area contributed by atoms with Crippen molar-refractivity contribution < 1.29 is 65.1 Å². The van der Waals surface area contributed by atoms with E-state index >= 15 is 13.2 Å². The average Bonchev–Trinajstić information content (AvgIpc) is 1.62. The molecule has 0 radical (unpaired) electrons. The number of hydrogen-bond acceptors (Lipinski definition) is 26. The van der Waals surface area contributed by atoms with E-state index in [4.69, 9.17) is 94.4 Å². The van der Waals surface area contributed by atoms with E-state index in [1.807, 2.05) is 134 Å². The van der Waals surface area contributed by atoms with Gasteiger partial charge in [-0.25, -0.2) is 47.5 Å². The number of ketones is 2. The van der Waals surface area contributed by atoms with E-state index < -0.39 is 23.3 Å². The maximum Gasteiger partial charge on any atom is 0.220 e. The summed E-state index contributed by atoms with van der Waals surface area (Å²) in [6.07, 6.45) is 15.9. The lowest BCUT2D eigenvalue weighted by molar-refractivity contribution is -0.120. The van der Waals surface area contributed by atoms with Gasteiger partial charge in [-0.2, -0.15) is 20.4 Å². The van der Waals surface area contributed by atoms with E-state index in [-0.39, 0.29) is 89.0 Å². The van der Waals surface area contributed by atoms with Crippen LogP contribution in [0.15, 0.2) is 102 Å². The van der Waals surface area contributed by atoms with E-state index in [9.17, 15) is 18.8 Å². The first-order chi connectivity index (χ1) is 70.5. The summed E-state index contributed by atoms with van der Waals surface area (Å²) in [4.78, 5) is 72.2. The molecule has 11 aromatic heterocycles. The van der Waals surface area contributed by atoms with E-state index in [1.54, 1.807) is 79.4 Å². The zero-order valence-corrected chi connectivity index (χ0v) is 87.2. The van der Waals surface area contributed by atoms with Crippen molar-refractivity contribution in [3.05, 3.63) is 193 Å². The number of aromatic nitrogens is 18. The minimum Gasteiger partial charge on any atom is -0.492 e. The highest BCUT2D eigenvalue weighted by molar-refractivity contribution is 6.37. The maximum atomic E-state index is 15.7. The molecule has 1 amide bonds. The van der Waals surface area contributed by atoms with Crippen molar-refractivity contribution in [1.29, 1.82) is 0 Å². The summed E-state index contributed by atoms with van der Waals surface area (Å²) in [5, 5.41) is 28.5. The first-order valence-corrected chi connectivity index (χ1v) is 50.2. The molecule has 0 bridgehead atoms. The van der Waals surface area contributed by atoms with Crippen molar-refractivity contribution in [2.45, 2.75) is 190 Å². The van der Waals surface area contributed by atoms with Crippen LogP contribution in [-0.4, -0.2) is 159 Å². The standard InChI is InChI=1S/C29H33FN6O3.C25H26FN5O2.C24H26ClFN6O2.C12H13Cl2N3O.C12H14FN3O.C4H7NO/c1-16-13-22(34-35(16)3)20-10-11-21(28(38-4)26(20)30)33-23-14-19(15-24(37)18-8-9-18)32-29-27(23)31-17(2)36(29)25-7-5-6-12-39-25;1-13-9-20-24(27-13)21(11-16(28-20)12-22(32)15-5-6-15)29-18-8-7-17(23(26)25(18)33-4)19-10-14(2)31(3)30-19;1-13-11-17(30-31(13)3)15-8-9-16(23(33-4)21(15)26)28-18-12-19(25)29-24-22(18)27-14(2)32(24)20-7-5-6-10-34-20;1-7-15-11-8(13)6-9(14)16-12(11)17(7)10-4-2-3-5-18-10;1-7-6-10(15-16(7)2)8-4-5-9(14)12(17-3)11(8)13;5-4(6)3-1-2-3/h10-11,13-14,18,25H,5-9,12,15H2,1-4H3,(H,32,33);7-8,10-11,15H,5-6,9,12H2,1-4H3,(H,28,29);8-9,11-12,20H,5-7,10H2,1-4H3,(H,28,29);6,10H,2-5H2,1H3;4-6H,14H2,1-3H3;3H,1-2H2,(H2,5,6). The number of nitrogens with zero attached hydrogens (tertiary/aromatic N) is 19. The molecule has 6 fully saturated rings. The Labute approximate surface area is 862 Å². The van der Waals surface area contributed by atoms with Crippen molar-refractivity contribution >= 4 is 137 Å². The molecule has 0 spiro atoms. The van der Waals surface area contributed by atoms with Gasteiger partial charge in [0.15, 0.2) is 63.2 Å². The molecular formula is C106H119Cl3F4N24O10. The molecule has 3 atom stereocenters. The number of aliphatic imine (C=N–C) groups is 1. The quantitative estimate of drug-likeness (QED) is 0.0213. The minimum absolute atomic E-state index is 0.00853. The summed E-state index contributed by atoms with van der Waals surface area (Å²) in [7, 11) is 13.0. The lowest BCUT2D eigenvalue weighted by Gasteiger charge is -2.25. The number of methoxy groups -OCH3 is 4. The Kier molecular flexibility index (Phi) is 31.8. The molecular weight excluding hydrogens is 1950 g/mol. The van der Waals surface area contributed by atoms with Gasteiger partial charge in [0.05, 0.1) is 113 Å². The van der Waals surface area contributed by atoms with E-state index in [1.165, 1.54) is 28.4 Å². The number of fused-ring (bicyclic) bond motifs is 4. The van der Waals surface area contributed by atoms with Gasteiger partial charge in [0, 0.05) is 142 Å². The van der Waals surface area contributed by atoms with Crippen LogP contribution in [0.4, 0.5) is 63.1 Å². The monoisotopic (exact) mass is 2070 g/mol. The van der Waals surface area contributed by atoms with Crippen LogP contribution >= 0.6 is 34.8 Å². The molecule has 7 N–H and O–H groups in total. The second-order valence-electron chi connectivity index (χ2n) is 37.8. The topological polar surface area (TPSA) is 393 Å². The zero-order chi connectivity index (χ0) is 104. The summed E-state index contributed by atoms with van der Waals surface area (Å²) in [6, 6.07) is 27.9. The van der Waals surface area contributed by atoms with E-state index in [0.717, 1.165) is 160 Å².